The Morgan fingerprint density at radius 2 is 1.81 bits per heavy atom. The highest BCUT2D eigenvalue weighted by Crippen LogP contribution is 2.59. The Labute approximate surface area is 129 Å². The number of hydrogen-bond donors (Lipinski definition) is 0. The molecule has 2 aromatic heterocycles. The van der Waals surface area contributed by atoms with Crippen molar-refractivity contribution in [3.05, 3.63) is 24.2 Å². The zero-order valence-electron chi connectivity index (χ0n) is 12.1. The van der Waals surface area contributed by atoms with Crippen LogP contribution >= 0.6 is 11.6 Å². The average molecular weight is 302 g/mol. The second-order valence-electron chi connectivity index (χ2n) is 7.49. The molecule has 0 spiro atoms. The van der Waals surface area contributed by atoms with E-state index >= 15 is 0 Å². The molecule has 0 radical (unpaired) electrons. The van der Waals surface area contributed by atoms with Gasteiger partial charge in [-0.15, -0.1) is 11.6 Å². The quantitative estimate of drug-likeness (QED) is 0.782. The molecule has 0 amide bonds. The predicted octanol–water partition coefficient (Wildman–Crippen LogP) is 4.10. The number of hydrogen-bond acceptors (Lipinski definition) is 2. The molecule has 4 aliphatic carbocycles. The Morgan fingerprint density at radius 3 is 2.43 bits per heavy atom. The van der Waals surface area contributed by atoms with Crippen molar-refractivity contribution in [2.45, 2.75) is 49.9 Å². The van der Waals surface area contributed by atoms with Crippen LogP contribution in [0.2, 0.25) is 0 Å². The lowest BCUT2D eigenvalue weighted by atomic mass is 9.53. The van der Waals surface area contributed by atoms with E-state index in [-0.39, 0.29) is 5.54 Å². The van der Waals surface area contributed by atoms with Crippen molar-refractivity contribution in [2.24, 2.45) is 17.8 Å². The molecule has 0 N–H and O–H groups in total. The van der Waals surface area contributed by atoms with E-state index in [1.54, 1.807) is 0 Å². The van der Waals surface area contributed by atoms with Gasteiger partial charge in [0.2, 0.25) is 0 Å². The molecule has 2 heterocycles. The molecular formula is C17H20ClN3. The maximum absolute atomic E-state index is 6.23. The minimum absolute atomic E-state index is 0.252. The van der Waals surface area contributed by atoms with Gasteiger partial charge >= 0.3 is 0 Å². The van der Waals surface area contributed by atoms with Crippen molar-refractivity contribution >= 4 is 22.8 Å². The molecule has 4 aliphatic rings. The predicted molar refractivity (Wildman–Crippen MR) is 83.2 cm³/mol. The molecule has 110 valence electrons. The van der Waals surface area contributed by atoms with Crippen molar-refractivity contribution in [1.29, 1.82) is 0 Å². The topological polar surface area (TPSA) is 30.7 Å². The Morgan fingerprint density at radius 1 is 1.14 bits per heavy atom. The highest BCUT2D eigenvalue weighted by atomic mass is 35.5. The van der Waals surface area contributed by atoms with Crippen LogP contribution in [0.15, 0.2) is 18.3 Å². The molecule has 4 saturated carbocycles. The first-order valence-electron chi connectivity index (χ1n) is 8.16. The molecule has 3 nitrogen and oxygen atoms in total. The minimum atomic E-state index is 0.252. The summed E-state index contributed by atoms with van der Waals surface area (Å²) in [6, 6.07) is 4.03. The van der Waals surface area contributed by atoms with E-state index in [2.05, 4.69) is 15.6 Å². The first-order chi connectivity index (χ1) is 10.3. The Kier molecular flexibility index (Phi) is 2.50. The van der Waals surface area contributed by atoms with Gasteiger partial charge in [0.05, 0.1) is 5.88 Å². The van der Waals surface area contributed by atoms with Crippen molar-refractivity contribution in [2.75, 3.05) is 0 Å². The third kappa shape index (κ3) is 1.67. The summed E-state index contributed by atoms with van der Waals surface area (Å²) in [5.74, 6) is 4.26. The molecule has 0 unspecified atom stereocenters. The van der Waals surface area contributed by atoms with Gasteiger partial charge in [-0.05, 0) is 68.4 Å². The van der Waals surface area contributed by atoms with Crippen molar-refractivity contribution in [1.82, 2.24) is 14.5 Å². The van der Waals surface area contributed by atoms with Crippen LogP contribution in [0, 0.1) is 17.8 Å². The first-order valence-corrected chi connectivity index (χ1v) is 8.70. The molecule has 6 rings (SSSR count). The molecule has 4 fully saturated rings. The highest BCUT2D eigenvalue weighted by Gasteiger charge is 2.52. The third-order valence-electron chi connectivity index (χ3n) is 6.09. The third-order valence-corrected chi connectivity index (χ3v) is 6.32. The van der Waals surface area contributed by atoms with Crippen LogP contribution in [0.4, 0.5) is 0 Å². The fourth-order valence-corrected chi connectivity index (χ4v) is 6.07. The Balaban J connectivity index is 1.73. The Hall–Kier alpha value is -1.09. The highest BCUT2D eigenvalue weighted by molar-refractivity contribution is 6.16. The van der Waals surface area contributed by atoms with Crippen LogP contribution in [-0.4, -0.2) is 14.5 Å². The van der Waals surface area contributed by atoms with Gasteiger partial charge in [-0.3, -0.25) is 0 Å². The van der Waals surface area contributed by atoms with E-state index in [0.29, 0.717) is 5.88 Å². The van der Waals surface area contributed by atoms with Gasteiger partial charge < -0.3 is 4.57 Å². The van der Waals surface area contributed by atoms with Gasteiger partial charge in [-0.25, -0.2) is 9.97 Å². The second kappa shape index (κ2) is 4.22. The summed E-state index contributed by atoms with van der Waals surface area (Å²) in [4.78, 5) is 9.41. The average Bonchev–Trinajstić information content (AvgIpc) is 2.85. The molecule has 0 atom stereocenters. The van der Waals surface area contributed by atoms with E-state index in [0.717, 1.165) is 34.7 Å². The molecule has 0 saturated heterocycles. The zero-order chi connectivity index (χ0) is 14.0. The SMILES string of the molecule is ClCc1nc2cccnc2n1C12CC3CC(CC(C3)C1)C2. The molecule has 2 aromatic rings. The van der Waals surface area contributed by atoms with Crippen molar-refractivity contribution < 1.29 is 0 Å². The van der Waals surface area contributed by atoms with Crippen LogP contribution in [0.25, 0.3) is 11.2 Å². The summed E-state index contributed by atoms with van der Waals surface area (Å²) in [7, 11) is 0. The van der Waals surface area contributed by atoms with Crippen LogP contribution in [-0.2, 0) is 11.4 Å². The smallest absolute Gasteiger partial charge is 0.160 e. The van der Waals surface area contributed by atoms with Crippen LogP contribution in [0.3, 0.4) is 0 Å². The van der Waals surface area contributed by atoms with E-state index < -0.39 is 0 Å². The second-order valence-corrected chi connectivity index (χ2v) is 7.75. The summed E-state index contributed by atoms with van der Waals surface area (Å²) >= 11 is 6.23. The molecule has 4 heteroatoms. The fraction of sp³-hybridized carbons (Fsp3) is 0.647. The summed E-state index contributed by atoms with van der Waals surface area (Å²) in [6.45, 7) is 0. The summed E-state index contributed by atoms with van der Waals surface area (Å²) in [5, 5.41) is 0. The first kappa shape index (κ1) is 12.5. The number of halogens is 1. The maximum Gasteiger partial charge on any atom is 0.160 e. The van der Waals surface area contributed by atoms with Gasteiger partial charge in [-0.1, -0.05) is 0 Å². The van der Waals surface area contributed by atoms with Gasteiger partial charge in [0.25, 0.3) is 0 Å². The summed E-state index contributed by atoms with van der Waals surface area (Å²) in [5.41, 5.74) is 2.31. The lowest BCUT2D eigenvalue weighted by Crippen LogP contribution is -2.52. The summed E-state index contributed by atoms with van der Waals surface area (Å²) in [6.07, 6.45) is 10.2. The lowest BCUT2D eigenvalue weighted by molar-refractivity contribution is -0.0422. The van der Waals surface area contributed by atoms with Gasteiger partial charge in [0.1, 0.15) is 11.3 Å². The van der Waals surface area contributed by atoms with Crippen LogP contribution in [0.5, 0.6) is 0 Å². The fourth-order valence-electron chi connectivity index (χ4n) is 5.89. The van der Waals surface area contributed by atoms with Gasteiger partial charge in [-0.2, -0.15) is 0 Å². The number of rotatable bonds is 2. The van der Waals surface area contributed by atoms with E-state index in [1.807, 2.05) is 12.3 Å². The van der Waals surface area contributed by atoms with Crippen LogP contribution in [0.1, 0.15) is 44.3 Å². The van der Waals surface area contributed by atoms with Crippen molar-refractivity contribution in [3.63, 3.8) is 0 Å². The largest absolute Gasteiger partial charge is 0.305 e. The lowest BCUT2D eigenvalue weighted by Gasteiger charge is -2.57. The monoisotopic (exact) mass is 301 g/mol. The number of nitrogens with zero attached hydrogens (tertiary/aromatic N) is 3. The maximum atomic E-state index is 6.23. The minimum Gasteiger partial charge on any atom is -0.305 e. The number of fused-ring (bicyclic) bond motifs is 1. The van der Waals surface area contributed by atoms with E-state index in [4.69, 9.17) is 16.6 Å². The van der Waals surface area contributed by atoms with Gasteiger partial charge in [0, 0.05) is 11.7 Å². The number of pyridine rings is 1. The molecular weight excluding hydrogens is 282 g/mol. The summed E-state index contributed by atoms with van der Waals surface area (Å²) < 4.78 is 2.44. The van der Waals surface area contributed by atoms with Crippen LogP contribution < -0.4 is 0 Å². The van der Waals surface area contributed by atoms with E-state index in [9.17, 15) is 0 Å². The standard InChI is InChI=1S/C17H20ClN3/c18-10-15-20-14-2-1-3-19-16(14)21(15)17-7-11-4-12(8-17)6-13(5-11)9-17/h1-3,11-13H,4-10H2. The normalized spacial score (nSPS) is 37.5. The molecule has 0 aromatic carbocycles. The number of imidazole rings is 1. The van der Waals surface area contributed by atoms with E-state index in [1.165, 1.54) is 38.5 Å². The van der Waals surface area contributed by atoms with Gasteiger partial charge in [0.15, 0.2) is 5.65 Å². The molecule has 4 bridgehead atoms. The Bertz CT molecular complexity index is 670. The van der Waals surface area contributed by atoms with Crippen molar-refractivity contribution in [3.8, 4) is 0 Å². The molecule has 0 aliphatic heterocycles. The number of aromatic nitrogens is 3. The molecule has 21 heavy (non-hydrogen) atoms. The number of alkyl halides is 1. The zero-order valence-corrected chi connectivity index (χ0v) is 12.9.